The van der Waals surface area contributed by atoms with Gasteiger partial charge in [0.15, 0.2) is 0 Å². The summed E-state index contributed by atoms with van der Waals surface area (Å²) >= 11 is 0. The summed E-state index contributed by atoms with van der Waals surface area (Å²) in [7, 11) is 0. The fourth-order valence-corrected chi connectivity index (χ4v) is 4.26. The van der Waals surface area contributed by atoms with Crippen molar-refractivity contribution >= 4 is 11.4 Å². The van der Waals surface area contributed by atoms with Gasteiger partial charge < -0.3 is 19.7 Å². The smallest absolute Gasteiger partial charge is 0.119 e. The zero-order valence-electron chi connectivity index (χ0n) is 23.4. The van der Waals surface area contributed by atoms with E-state index in [1.807, 2.05) is 48.5 Å². The zero-order chi connectivity index (χ0) is 26.9. The van der Waals surface area contributed by atoms with E-state index in [4.69, 9.17) is 19.7 Å². The van der Waals surface area contributed by atoms with Gasteiger partial charge in [-0.3, -0.25) is 0 Å². The highest BCUT2D eigenvalue weighted by molar-refractivity contribution is 5.44. The fourth-order valence-electron chi connectivity index (χ4n) is 4.26. The SMILES string of the molecule is OCCCCCCCCCCOc1ccc(N=Nc2ccc(OCCCCCCCCCCO)cc2)cc1. The summed E-state index contributed by atoms with van der Waals surface area (Å²) in [5, 5.41) is 26.2. The van der Waals surface area contributed by atoms with E-state index in [1.165, 1.54) is 64.2 Å². The number of aliphatic hydroxyl groups is 2. The van der Waals surface area contributed by atoms with Crippen LogP contribution in [0.5, 0.6) is 11.5 Å². The van der Waals surface area contributed by atoms with E-state index in [2.05, 4.69) is 10.2 Å². The number of nitrogens with zero attached hydrogens (tertiary/aromatic N) is 2. The van der Waals surface area contributed by atoms with Crippen LogP contribution >= 0.6 is 0 Å². The van der Waals surface area contributed by atoms with Crippen LogP contribution in [0.15, 0.2) is 58.8 Å². The normalized spacial score (nSPS) is 11.3. The number of aliphatic hydroxyl groups excluding tert-OH is 2. The monoisotopic (exact) mass is 526 g/mol. The Morgan fingerprint density at radius 3 is 1.00 bits per heavy atom. The summed E-state index contributed by atoms with van der Waals surface area (Å²) in [6.45, 7) is 2.12. The van der Waals surface area contributed by atoms with Gasteiger partial charge in [-0.15, -0.1) is 0 Å². The van der Waals surface area contributed by atoms with E-state index in [-0.39, 0.29) is 0 Å². The van der Waals surface area contributed by atoms with Crippen molar-refractivity contribution < 1.29 is 19.7 Å². The first-order chi connectivity index (χ1) is 18.8. The molecule has 0 fully saturated rings. The Morgan fingerprint density at radius 1 is 0.395 bits per heavy atom. The molecule has 0 aliphatic rings. The number of benzene rings is 2. The summed E-state index contributed by atoms with van der Waals surface area (Å²) in [6, 6.07) is 15.5. The predicted molar refractivity (Wildman–Crippen MR) is 156 cm³/mol. The second-order valence-electron chi connectivity index (χ2n) is 9.99. The third-order valence-electron chi connectivity index (χ3n) is 6.60. The van der Waals surface area contributed by atoms with Crippen LogP contribution in [-0.2, 0) is 0 Å². The second-order valence-corrected chi connectivity index (χ2v) is 9.99. The molecule has 0 unspecified atom stereocenters. The molecule has 2 aromatic rings. The second kappa shape index (κ2) is 22.5. The average Bonchev–Trinajstić information content (AvgIpc) is 2.95. The molecule has 0 aliphatic carbocycles. The Kier molecular flexibility index (Phi) is 18.8. The lowest BCUT2D eigenvalue weighted by molar-refractivity contribution is 0.281. The lowest BCUT2D eigenvalue weighted by Gasteiger charge is -2.07. The Hall–Kier alpha value is -2.44. The van der Waals surface area contributed by atoms with Gasteiger partial charge in [-0.1, -0.05) is 77.0 Å². The number of unbranched alkanes of at least 4 members (excludes halogenated alkanes) is 14. The number of hydrogen-bond donors (Lipinski definition) is 2. The Morgan fingerprint density at radius 2 is 0.684 bits per heavy atom. The fraction of sp³-hybridized carbons (Fsp3) is 0.625. The van der Waals surface area contributed by atoms with Crippen LogP contribution in [0.3, 0.4) is 0 Å². The van der Waals surface area contributed by atoms with Gasteiger partial charge in [-0.2, -0.15) is 10.2 Å². The van der Waals surface area contributed by atoms with Crippen molar-refractivity contribution in [2.75, 3.05) is 26.4 Å². The topological polar surface area (TPSA) is 83.6 Å². The molecule has 6 nitrogen and oxygen atoms in total. The number of hydrogen-bond acceptors (Lipinski definition) is 6. The quantitative estimate of drug-likeness (QED) is 0.105. The maximum atomic E-state index is 8.79. The molecular formula is C32H50N2O4. The van der Waals surface area contributed by atoms with Crippen LogP contribution < -0.4 is 9.47 Å². The van der Waals surface area contributed by atoms with Crippen molar-refractivity contribution in [1.29, 1.82) is 0 Å². The summed E-state index contributed by atoms with van der Waals surface area (Å²) in [4.78, 5) is 0. The molecule has 0 spiro atoms. The molecule has 212 valence electrons. The molecule has 0 atom stereocenters. The van der Waals surface area contributed by atoms with Gasteiger partial charge in [0.05, 0.1) is 24.6 Å². The molecule has 2 rings (SSSR count). The largest absolute Gasteiger partial charge is 0.494 e. The highest BCUT2D eigenvalue weighted by Crippen LogP contribution is 2.23. The summed E-state index contributed by atoms with van der Waals surface area (Å²) in [6.07, 6.45) is 18.8. The van der Waals surface area contributed by atoms with Crippen molar-refractivity contribution in [3.05, 3.63) is 48.5 Å². The number of rotatable bonds is 24. The van der Waals surface area contributed by atoms with Gasteiger partial charge in [0.1, 0.15) is 11.5 Å². The summed E-state index contributed by atoms with van der Waals surface area (Å²) in [5.41, 5.74) is 1.60. The molecule has 2 aromatic carbocycles. The van der Waals surface area contributed by atoms with Crippen molar-refractivity contribution in [1.82, 2.24) is 0 Å². The van der Waals surface area contributed by atoms with Crippen LogP contribution in [0.1, 0.15) is 103 Å². The van der Waals surface area contributed by atoms with E-state index in [9.17, 15) is 0 Å². The maximum absolute atomic E-state index is 8.79. The average molecular weight is 527 g/mol. The molecule has 0 heterocycles. The van der Waals surface area contributed by atoms with Crippen molar-refractivity contribution in [3.63, 3.8) is 0 Å². The minimum absolute atomic E-state index is 0.320. The van der Waals surface area contributed by atoms with E-state index in [1.54, 1.807) is 0 Å². The van der Waals surface area contributed by atoms with Gasteiger partial charge in [-0.25, -0.2) is 0 Å². The zero-order valence-corrected chi connectivity index (χ0v) is 23.4. The molecule has 6 heteroatoms. The molecule has 0 radical (unpaired) electrons. The van der Waals surface area contributed by atoms with Crippen molar-refractivity contribution in [2.45, 2.75) is 103 Å². The van der Waals surface area contributed by atoms with Gasteiger partial charge >= 0.3 is 0 Å². The van der Waals surface area contributed by atoms with Crippen molar-refractivity contribution in [3.8, 4) is 11.5 Å². The highest BCUT2D eigenvalue weighted by Gasteiger charge is 1.99. The Balaban J connectivity index is 1.53. The minimum atomic E-state index is 0.320. The first-order valence-corrected chi connectivity index (χ1v) is 14.9. The predicted octanol–water partition coefficient (Wildman–Crippen LogP) is 9.09. The van der Waals surface area contributed by atoms with Crippen LogP contribution in [0.4, 0.5) is 11.4 Å². The Labute approximate surface area is 230 Å². The molecule has 0 amide bonds. The third-order valence-corrected chi connectivity index (χ3v) is 6.60. The minimum Gasteiger partial charge on any atom is -0.494 e. The third kappa shape index (κ3) is 16.4. The van der Waals surface area contributed by atoms with E-state index in [0.717, 1.165) is 74.6 Å². The molecule has 0 bridgehead atoms. The van der Waals surface area contributed by atoms with Gasteiger partial charge in [0.2, 0.25) is 0 Å². The van der Waals surface area contributed by atoms with Crippen LogP contribution in [0, 0.1) is 0 Å². The van der Waals surface area contributed by atoms with Crippen LogP contribution in [0.2, 0.25) is 0 Å². The molecular weight excluding hydrogens is 476 g/mol. The lowest BCUT2D eigenvalue weighted by Crippen LogP contribution is -1.97. The van der Waals surface area contributed by atoms with Gasteiger partial charge in [-0.05, 0) is 74.2 Å². The lowest BCUT2D eigenvalue weighted by atomic mass is 10.1. The van der Waals surface area contributed by atoms with Crippen LogP contribution in [-0.4, -0.2) is 36.6 Å². The molecule has 2 N–H and O–H groups in total. The number of azo groups is 1. The van der Waals surface area contributed by atoms with Gasteiger partial charge in [0, 0.05) is 13.2 Å². The molecule has 0 saturated heterocycles. The maximum Gasteiger partial charge on any atom is 0.119 e. The number of ether oxygens (including phenoxy) is 2. The highest BCUT2D eigenvalue weighted by atomic mass is 16.5. The van der Waals surface area contributed by atoms with E-state index >= 15 is 0 Å². The standard InChI is InChI=1S/C32H50N2O4/c35-25-13-9-5-1-3-7-11-15-27-37-31-21-17-29(18-22-31)33-34-30-19-23-32(24-20-30)38-28-16-12-8-4-2-6-10-14-26-36/h17-24,35-36H,1-16,25-28H2. The molecule has 0 saturated carbocycles. The summed E-state index contributed by atoms with van der Waals surface area (Å²) in [5.74, 6) is 1.74. The van der Waals surface area contributed by atoms with E-state index in [0.29, 0.717) is 13.2 Å². The van der Waals surface area contributed by atoms with Crippen molar-refractivity contribution in [2.24, 2.45) is 10.2 Å². The van der Waals surface area contributed by atoms with E-state index < -0.39 is 0 Å². The Bertz CT molecular complexity index is 755. The van der Waals surface area contributed by atoms with Crippen LogP contribution in [0.25, 0.3) is 0 Å². The van der Waals surface area contributed by atoms with Gasteiger partial charge in [0.25, 0.3) is 0 Å². The molecule has 0 aromatic heterocycles. The first kappa shape index (κ1) is 31.8. The molecule has 38 heavy (non-hydrogen) atoms. The first-order valence-electron chi connectivity index (χ1n) is 14.9. The summed E-state index contributed by atoms with van der Waals surface area (Å²) < 4.78 is 11.7. The molecule has 0 aliphatic heterocycles.